The molecule has 0 saturated heterocycles. The smallest absolute Gasteiger partial charge is 0.203 e. The van der Waals surface area contributed by atoms with Crippen LogP contribution in [-0.4, -0.2) is 31.7 Å². The van der Waals surface area contributed by atoms with Crippen molar-refractivity contribution < 1.29 is 19.0 Å². The van der Waals surface area contributed by atoms with Crippen LogP contribution in [0.3, 0.4) is 0 Å². The quantitative estimate of drug-likeness (QED) is 0.311. The van der Waals surface area contributed by atoms with Crippen LogP contribution >= 0.6 is 0 Å². The van der Waals surface area contributed by atoms with Gasteiger partial charge in [0, 0.05) is 40.5 Å². The number of methoxy groups -OCH3 is 3. The number of hydrogen-bond acceptors (Lipinski definition) is 5. The molecule has 0 atom stereocenters. The number of aromatic nitrogens is 1. The molecule has 4 rings (SSSR count). The Morgan fingerprint density at radius 2 is 1.52 bits per heavy atom. The van der Waals surface area contributed by atoms with E-state index in [9.17, 15) is 4.79 Å². The van der Waals surface area contributed by atoms with Crippen molar-refractivity contribution in [1.82, 2.24) is 4.57 Å². The van der Waals surface area contributed by atoms with Crippen molar-refractivity contribution in [3.63, 3.8) is 0 Å². The molecule has 0 unspecified atom stereocenters. The first kappa shape index (κ1) is 22.0. The van der Waals surface area contributed by atoms with Gasteiger partial charge in [-0.15, -0.1) is 0 Å². The average molecular weight is 443 g/mol. The molecule has 0 spiro atoms. The van der Waals surface area contributed by atoms with Gasteiger partial charge in [-0.25, -0.2) is 0 Å². The fourth-order valence-electron chi connectivity index (χ4n) is 3.81. The zero-order chi connectivity index (χ0) is 23.5. The SMILES string of the molecule is COc1cc(C(=O)c2cn(-c3ccc(C)cc3)cc2-c2cccc(N)c2)cc(OC)c1OC. The highest BCUT2D eigenvalue weighted by molar-refractivity contribution is 6.13. The van der Waals surface area contributed by atoms with Gasteiger partial charge in [0.1, 0.15) is 0 Å². The third kappa shape index (κ3) is 4.28. The second kappa shape index (κ2) is 9.12. The fraction of sp³-hybridized carbons (Fsp3) is 0.148. The van der Waals surface area contributed by atoms with E-state index in [2.05, 4.69) is 0 Å². The van der Waals surface area contributed by atoms with Gasteiger partial charge in [-0.1, -0.05) is 29.8 Å². The maximum Gasteiger partial charge on any atom is 0.203 e. The zero-order valence-electron chi connectivity index (χ0n) is 19.1. The van der Waals surface area contributed by atoms with E-state index < -0.39 is 0 Å². The number of ether oxygens (including phenoxy) is 3. The molecule has 0 aliphatic heterocycles. The van der Waals surface area contributed by atoms with Crippen LogP contribution < -0.4 is 19.9 Å². The summed E-state index contributed by atoms with van der Waals surface area (Å²) >= 11 is 0. The number of hydrogen-bond donors (Lipinski definition) is 1. The van der Waals surface area contributed by atoms with Gasteiger partial charge in [0.05, 0.1) is 21.3 Å². The number of carbonyl (C=O) groups excluding carboxylic acids is 1. The van der Waals surface area contributed by atoms with Crippen LogP contribution in [0.1, 0.15) is 21.5 Å². The first-order valence-corrected chi connectivity index (χ1v) is 10.4. The highest BCUT2D eigenvalue weighted by atomic mass is 16.5. The topological polar surface area (TPSA) is 75.7 Å². The molecule has 0 aliphatic carbocycles. The number of nitrogens with two attached hydrogens (primary N) is 1. The summed E-state index contributed by atoms with van der Waals surface area (Å²) in [5.41, 5.74) is 11.4. The van der Waals surface area contributed by atoms with Gasteiger partial charge in [0.15, 0.2) is 17.3 Å². The first-order valence-electron chi connectivity index (χ1n) is 10.4. The van der Waals surface area contributed by atoms with Crippen molar-refractivity contribution in [2.45, 2.75) is 6.92 Å². The number of ketones is 1. The standard InChI is InChI=1S/C27H26N2O4/c1-17-8-10-21(11-9-17)29-15-22(18-6-5-7-20(28)12-18)23(16-29)26(30)19-13-24(31-2)27(33-4)25(14-19)32-3/h5-16H,28H2,1-4H3. The van der Waals surface area contributed by atoms with Crippen LogP contribution in [0.25, 0.3) is 16.8 Å². The lowest BCUT2D eigenvalue weighted by atomic mass is 9.97. The van der Waals surface area contributed by atoms with Crippen LogP contribution in [0.5, 0.6) is 17.2 Å². The van der Waals surface area contributed by atoms with E-state index in [0.29, 0.717) is 34.1 Å². The minimum absolute atomic E-state index is 0.169. The summed E-state index contributed by atoms with van der Waals surface area (Å²) in [5, 5.41) is 0. The summed E-state index contributed by atoms with van der Waals surface area (Å²) in [5.74, 6) is 1.11. The molecule has 33 heavy (non-hydrogen) atoms. The van der Waals surface area contributed by atoms with Gasteiger partial charge in [-0.05, 0) is 48.9 Å². The van der Waals surface area contributed by atoms with E-state index >= 15 is 0 Å². The van der Waals surface area contributed by atoms with Crippen molar-refractivity contribution in [2.24, 2.45) is 0 Å². The maximum absolute atomic E-state index is 13.8. The molecule has 0 radical (unpaired) electrons. The number of anilines is 1. The Kier molecular flexibility index (Phi) is 6.09. The van der Waals surface area contributed by atoms with Crippen molar-refractivity contribution in [1.29, 1.82) is 0 Å². The van der Waals surface area contributed by atoms with Crippen molar-refractivity contribution >= 4 is 11.5 Å². The van der Waals surface area contributed by atoms with Crippen molar-refractivity contribution in [3.05, 3.63) is 89.7 Å². The van der Waals surface area contributed by atoms with Crippen LogP contribution in [0, 0.1) is 6.92 Å². The van der Waals surface area contributed by atoms with Gasteiger partial charge < -0.3 is 24.5 Å². The van der Waals surface area contributed by atoms with Gasteiger partial charge in [-0.2, -0.15) is 0 Å². The fourth-order valence-corrected chi connectivity index (χ4v) is 3.81. The van der Waals surface area contributed by atoms with E-state index in [0.717, 1.165) is 22.4 Å². The van der Waals surface area contributed by atoms with E-state index in [1.807, 2.05) is 72.4 Å². The van der Waals surface area contributed by atoms with Gasteiger partial charge in [0.2, 0.25) is 5.75 Å². The number of rotatable bonds is 7. The van der Waals surface area contributed by atoms with Crippen LogP contribution in [-0.2, 0) is 0 Å². The monoisotopic (exact) mass is 442 g/mol. The molecule has 3 aromatic carbocycles. The summed E-state index contributed by atoms with van der Waals surface area (Å²) in [6.45, 7) is 2.04. The van der Waals surface area contributed by atoms with E-state index in [1.165, 1.54) is 21.3 Å². The molecule has 4 aromatic rings. The number of nitrogen functional groups attached to an aromatic ring is 1. The summed E-state index contributed by atoms with van der Waals surface area (Å²) in [4.78, 5) is 13.8. The third-order valence-electron chi connectivity index (χ3n) is 5.53. The van der Waals surface area contributed by atoms with Crippen LogP contribution in [0.4, 0.5) is 5.69 Å². The van der Waals surface area contributed by atoms with E-state index in [1.54, 1.807) is 12.1 Å². The van der Waals surface area contributed by atoms with E-state index in [-0.39, 0.29) is 5.78 Å². The first-order chi connectivity index (χ1) is 15.9. The second-order valence-electron chi connectivity index (χ2n) is 7.70. The van der Waals surface area contributed by atoms with Gasteiger partial charge >= 0.3 is 0 Å². The molecule has 6 nitrogen and oxygen atoms in total. The molecule has 0 amide bonds. The van der Waals surface area contributed by atoms with Crippen LogP contribution in [0.15, 0.2) is 73.1 Å². The number of carbonyl (C=O) groups is 1. The summed E-state index contributed by atoms with van der Waals surface area (Å²) in [6.07, 6.45) is 3.79. The molecular formula is C27H26N2O4. The largest absolute Gasteiger partial charge is 0.493 e. The summed E-state index contributed by atoms with van der Waals surface area (Å²) in [7, 11) is 4.58. The molecule has 168 valence electrons. The Hall–Kier alpha value is -4.19. The maximum atomic E-state index is 13.8. The highest BCUT2D eigenvalue weighted by Crippen LogP contribution is 2.39. The van der Waals surface area contributed by atoms with Crippen LogP contribution in [0.2, 0.25) is 0 Å². The normalized spacial score (nSPS) is 10.7. The highest BCUT2D eigenvalue weighted by Gasteiger charge is 2.22. The lowest BCUT2D eigenvalue weighted by Crippen LogP contribution is -2.05. The summed E-state index contributed by atoms with van der Waals surface area (Å²) < 4.78 is 18.2. The number of benzene rings is 3. The van der Waals surface area contributed by atoms with Crippen molar-refractivity contribution in [3.8, 4) is 34.1 Å². The van der Waals surface area contributed by atoms with Crippen molar-refractivity contribution in [2.75, 3.05) is 27.1 Å². The molecule has 0 fully saturated rings. The summed E-state index contributed by atoms with van der Waals surface area (Å²) in [6, 6.07) is 18.9. The molecular weight excluding hydrogens is 416 g/mol. The lowest BCUT2D eigenvalue weighted by molar-refractivity contribution is 0.103. The third-order valence-corrected chi connectivity index (χ3v) is 5.53. The van der Waals surface area contributed by atoms with Gasteiger partial charge in [0.25, 0.3) is 0 Å². The number of aryl methyl sites for hydroxylation is 1. The predicted molar refractivity (Wildman–Crippen MR) is 130 cm³/mol. The second-order valence-corrected chi connectivity index (χ2v) is 7.70. The minimum atomic E-state index is -0.169. The van der Waals surface area contributed by atoms with Gasteiger partial charge in [-0.3, -0.25) is 4.79 Å². The number of nitrogens with zero attached hydrogens (tertiary/aromatic N) is 1. The molecule has 0 bridgehead atoms. The Bertz CT molecular complexity index is 1280. The molecule has 0 aliphatic rings. The Morgan fingerprint density at radius 1 is 0.848 bits per heavy atom. The minimum Gasteiger partial charge on any atom is -0.493 e. The predicted octanol–water partition coefficient (Wildman–Crippen LogP) is 5.29. The lowest BCUT2D eigenvalue weighted by Gasteiger charge is -2.14. The molecule has 6 heteroatoms. The molecule has 2 N–H and O–H groups in total. The Morgan fingerprint density at radius 3 is 2.09 bits per heavy atom. The average Bonchev–Trinajstić information content (AvgIpc) is 3.28. The molecule has 1 aromatic heterocycles. The van der Waals surface area contributed by atoms with E-state index in [4.69, 9.17) is 19.9 Å². The molecule has 1 heterocycles. The zero-order valence-corrected chi connectivity index (χ0v) is 19.1. The molecule has 0 saturated carbocycles. The Balaban J connectivity index is 1.89. The Labute approximate surface area is 193 Å².